The second-order valence-electron chi connectivity index (χ2n) is 5.56. The fraction of sp³-hybridized carbons (Fsp3) is 0.333. The number of carbonyl (C=O) groups is 2. The maximum Gasteiger partial charge on any atom is 0.358 e. The number of rotatable bonds is 6. The van der Waals surface area contributed by atoms with Gasteiger partial charge in [-0.3, -0.25) is 4.79 Å². The first kappa shape index (κ1) is 16.0. The van der Waals surface area contributed by atoms with Gasteiger partial charge in [0, 0.05) is 11.6 Å². The van der Waals surface area contributed by atoms with Crippen LogP contribution >= 0.6 is 0 Å². The Balaban J connectivity index is 1.75. The molecule has 24 heavy (non-hydrogen) atoms. The summed E-state index contributed by atoms with van der Waals surface area (Å²) >= 11 is 0. The van der Waals surface area contributed by atoms with Gasteiger partial charge in [-0.2, -0.15) is 0 Å². The van der Waals surface area contributed by atoms with Gasteiger partial charge >= 0.3 is 5.97 Å². The summed E-state index contributed by atoms with van der Waals surface area (Å²) < 4.78 is 28.7. The van der Waals surface area contributed by atoms with E-state index in [1.54, 1.807) is 0 Å². The summed E-state index contributed by atoms with van der Waals surface area (Å²) in [6.45, 7) is -0.421. The zero-order chi connectivity index (χ0) is 17.3. The molecule has 1 N–H and O–H groups in total. The van der Waals surface area contributed by atoms with Crippen molar-refractivity contribution >= 4 is 11.9 Å². The number of carboxylic acids is 1. The largest absolute Gasteiger partial charge is 0.476 e. The zero-order valence-electron chi connectivity index (χ0n) is 12.5. The molecule has 1 aromatic carbocycles. The topological polar surface area (TPSA) is 88.3 Å². The second kappa shape index (κ2) is 6.34. The molecule has 1 heterocycles. The minimum absolute atomic E-state index is 0.0704. The first-order valence-corrected chi connectivity index (χ1v) is 7.31. The molecule has 0 atom stereocenters. The Morgan fingerprint density at radius 1 is 1.29 bits per heavy atom. The first-order chi connectivity index (χ1) is 11.5. The molecule has 1 aromatic heterocycles. The minimum atomic E-state index is -1.25. The summed E-state index contributed by atoms with van der Waals surface area (Å²) in [5, 5.41) is 15.8. The molecule has 1 saturated carbocycles. The monoisotopic (exact) mass is 336 g/mol. The lowest BCUT2D eigenvalue weighted by atomic mass is 10.2. The van der Waals surface area contributed by atoms with E-state index in [-0.39, 0.29) is 30.4 Å². The molecule has 0 bridgehead atoms. The van der Waals surface area contributed by atoms with Gasteiger partial charge < -0.3 is 10.0 Å². The van der Waals surface area contributed by atoms with Crippen LogP contribution in [0.25, 0.3) is 0 Å². The molecule has 3 rings (SSSR count). The van der Waals surface area contributed by atoms with E-state index < -0.39 is 23.5 Å². The maximum absolute atomic E-state index is 13.8. The van der Waals surface area contributed by atoms with Gasteiger partial charge in [0.05, 0.1) is 12.7 Å². The number of aromatic nitrogens is 3. The number of aromatic carboxylic acids is 1. The van der Waals surface area contributed by atoms with Crippen molar-refractivity contribution in [2.75, 3.05) is 0 Å². The van der Waals surface area contributed by atoms with Crippen LogP contribution in [0.5, 0.6) is 0 Å². The fourth-order valence-electron chi connectivity index (χ4n) is 2.36. The Morgan fingerprint density at radius 2 is 1.96 bits per heavy atom. The van der Waals surface area contributed by atoms with E-state index >= 15 is 0 Å². The minimum Gasteiger partial charge on any atom is -0.476 e. The standard InChI is InChI=1S/C15H14F2N4O3/c16-11-2-1-3-12(17)10(11)6-21(9-4-5-9)14(22)8-20-7-13(15(23)24)18-19-20/h1-3,7,9H,4-6,8H2,(H,23,24). The smallest absolute Gasteiger partial charge is 0.358 e. The molecule has 9 heteroatoms. The molecular weight excluding hydrogens is 322 g/mol. The van der Waals surface area contributed by atoms with E-state index in [1.807, 2.05) is 0 Å². The van der Waals surface area contributed by atoms with Gasteiger partial charge in [0.2, 0.25) is 5.91 Å². The van der Waals surface area contributed by atoms with E-state index in [4.69, 9.17) is 5.11 Å². The van der Waals surface area contributed by atoms with Crippen molar-refractivity contribution in [3.63, 3.8) is 0 Å². The van der Waals surface area contributed by atoms with Crippen molar-refractivity contribution in [1.82, 2.24) is 19.9 Å². The van der Waals surface area contributed by atoms with Crippen LogP contribution in [0.4, 0.5) is 8.78 Å². The predicted molar refractivity (Wildman–Crippen MR) is 76.9 cm³/mol. The van der Waals surface area contributed by atoms with Crippen molar-refractivity contribution < 1.29 is 23.5 Å². The van der Waals surface area contributed by atoms with Crippen LogP contribution in [0.3, 0.4) is 0 Å². The van der Waals surface area contributed by atoms with Crippen LogP contribution in [0.2, 0.25) is 0 Å². The molecule has 126 valence electrons. The lowest BCUT2D eigenvalue weighted by Gasteiger charge is -2.23. The molecule has 1 aliphatic carbocycles. The Labute approximate surface area is 135 Å². The van der Waals surface area contributed by atoms with Crippen LogP contribution in [0, 0.1) is 11.6 Å². The summed E-state index contributed by atoms with van der Waals surface area (Å²) in [5.41, 5.74) is -0.441. The highest BCUT2D eigenvalue weighted by molar-refractivity contribution is 5.84. The highest BCUT2D eigenvalue weighted by atomic mass is 19.1. The summed E-state index contributed by atoms with van der Waals surface area (Å²) in [6, 6.07) is 3.48. The van der Waals surface area contributed by atoms with Gasteiger partial charge in [0.25, 0.3) is 0 Å². The predicted octanol–water partition coefficient (Wildman–Crippen LogP) is 1.45. The average Bonchev–Trinajstić information content (AvgIpc) is 3.25. The zero-order valence-corrected chi connectivity index (χ0v) is 12.5. The van der Waals surface area contributed by atoms with Gasteiger partial charge in [-0.1, -0.05) is 11.3 Å². The number of amides is 1. The third kappa shape index (κ3) is 3.39. The number of nitrogens with zero attached hydrogens (tertiary/aromatic N) is 4. The normalized spacial score (nSPS) is 13.8. The van der Waals surface area contributed by atoms with E-state index in [0.29, 0.717) is 0 Å². The van der Waals surface area contributed by atoms with Crippen molar-refractivity contribution in [3.05, 3.63) is 47.3 Å². The Kier molecular flexibility index (Phi) is 4.24. The summed E-state index contributed by atoms with van der Waals surface area (Å²) in [6.07, 6.45) is 2.66. The van der Waals surface area contributed by atoms with Crippen LogP contribution < -0.4 is 0 Å². The van der Waals surface area contributed by atoms with Crippen LogP contribution in [0.15, 0.2) is 24.4 Å². The second-order valence-corrected chi connectivity index (χ2v) is 5.56. The summed E-state index contributed by atoms with van der Waals surface area (Å²) in [5.74, 6) is -3.06. The van der Waals surface area contributed by atoms with Crippen molar-refractivity contribution in [1.29, 1.82) is 0 Å². The number of hydrogen-bond acceptors (Lipinski definition) is 4. The Morgan fingerprint density at radius 3 is 2.50 bits per heavy atom. The molecule has 1 fully saturated rings. The highest BCUT2D eigenvalue weighted by Gasteiger charge is 2.33. The molecule has 7 nitrogen and oxygen atoms in total. The Bertz CT molecular complexity index is 769. The van der Waals surface area contributed by atoms with E-state index in [9.17, 15) is 18.4 Å². The van der Waals surface area contributed by atoms with Crippen molar-refractivity contribution in [2.45, 2.75) is 32.0 Å². The molecule has 0 saturated heterocycles. The molecule has 0 radical (unpaired) electrons. The molecule has 1 amide bonds. The summed E-state index contributed by atoms with van der Waals surface area (Å²) in [7, 11) is 0. The van der Waals surface area contributed by atoms with E-state index in [2.05, 4.69) is 10.3 Å². The Hall–Kier alpha value is -2.84. The van der Waals surface area contributed by atoms with Crippen LogP contribution in [-0.2, 0) is 17.9 Å². The number of halogens is 2. The first-order valence-electron chi connectivity index (χ1n) is 7.31. The van der Waals surface area contributed by atoms with E-state index in [1.165, 1.54) is 11.0 Å². The molecule has 0 aliphatic heterocycles. The quantitative estimate of drug-likeness (QED) is 0.862. The third-order valence-electron chi connectivity index (χ3n) is 3.75. The van der Waals surface area contributed by atoms with E-state index in [0.717, 1.165) is 35.9 Å². The molecular formula is C15H14F2N4O3. The number of hydrogen-bond donors (Lipinski definition) is 1. The highest BCUT2D eigenvalue weighted by Crippen LogP contribution is 2.29. The van der Waals surface area contributed by atoms with Gasteiger partial charge in [0.15, 0.2) is 5.69 Å². The van der Waals surface area contributed by atoms with Crippen LogP contribution in [-0.4, -0.2) is 42.9 Å². The summed E-state index contributed by atoms with van der Waals surface area (Å²) in [4.78, 5) is 24.6. The molecule has 0 spiro atoms. The van der Waals surface area contributed by atoms with Gasteiger partial charge in [-0.05, 0) is 25.0 Å². The molecule has 0 unspecified atom stereocenters. The van der Waals surface area contributed by atoms with Crippen molar-refractivity contribution in [3.8, 4) is 0 Å². The van der Waals surface area contributed by atoms with Gasteiger partial charge in [0.1, 0.15) is 18.2 Å². The number of benzene rings is 1. The average molecular weight is 336 g/mol. The molecule has 1 aliphatic rings. The lowest BCUT2D eigenvalue weighted by molar-refractivity contribution is -0.133. The lowest BCUT2D eigenvalue weighted by Crippen LogP contribution is -2.36. The number of carbonyl (C=O) groups excluding carboxylic acids is 1. The van der Waals surface area contributed by atoms with Crippen molar-refractivity contribution in [2.24, 2.45) is 0 Å². The van der Waals surface area contributed by atoms with Gasteiger partial charge in [-0.25, -0.2) is 18.3 Å². The third-order valence-corrected chi connectivity index (χ3v) is 3.75. The maximum atomic E-state index is 13.8. The molecule has 2 aromatic rings. The van der Waals surface area contributed by atoms with Gasteiger partial charge in [-0.15, -0.1) is 5.10 Å². The SMILES string of the molecule is O=C(O)c1cn(CC(=O)N(Cc2c(F)cccc2F)C2CC2)nn1. The number of carboxylic acid groups (broad SMARTS) is 1. The van der Waals surface area contributed by atoms with Crippen LogP contribution in [0.1, 0.15) is 28.9 Å². The fourth-order valence-corrected chi connectivity index (χ4v) is 2.36.